The van der Waals surface area contributed by atoms with E-state index in [1.165, 1.54) is 12.8 Å². The summed E-state index contributed by atoms with van der Waals surface area (Å²) in [6.07, 6.45) is 4.18. The van der Waals surface area contributed by atoms with Gasteiger partial charge in [0.2, 0.25) is 0 Å². The monoisotopic (exact) mass is 286 g/mol. The van der Waals surface area contributed by atoms with E-state index < -0.39 is 0 Å². The van der Waals surface area contributed by atoms with Gasteiger partial charge in [0.05, 0.1) is 25.5 Å². The van der Waals surface area contributed by atoms with E-state index in [2.05, 4.69) is 20.6 Å². The molecule has 1 heterocycles. The fourth-order valence-corrected chi connectivity index (χ4v) is 1.88. The maximum atomic E-state index is 5.78. The highest BCUT2D eigenvalue weighted by Gasteiger charge is 2.21. The second-order valence-electron chi connectivity index (χ2n) is 4.97. The van der Waals surface area contributed by atoms with Crippen LogP contribution in [0.5, 0.6) is 5.75 Å². The Morgan fingerprint density at radius 1 is 1.43 bits per heavy atom. The van der Waals surface area contributed by atoms with Gasteiger partial charge < -0.3 is 15.8 Å². The van der Waals surface area contributed by atoms with Crippen molar-refractivity contribution in [3.63, 3.8) is 0 Å². The first-order chi connectivity index (χ1) is 10.2. The summed E-state index contributed by atoms with van der Waals surface area (Å²) in [5, 5.41) is 11.3. The molecule has 1 aliphatic carbocycles. The molecule has 0 bridgehead atoms. The van der Waals surface area contributed by atoms with Crippen molar-refractivity contribution in [3.05, 3.63) is 36.2 Å². The van der Waals surface area contributed by atoms with Crippen LogP contribution in [-0.2, 0) is 6.54 Å². The van der Waals surface area contributed by atoms with Gasteiger partial charge in [-0.15, -0.1) is 5.10 Å². The second kappa shape index (κ2) is 5.82. The predicted octanol–water partition coefficient (Wildman–Crippen LogP) is 0.843. The van der Waals surface area contributed by atoms with Gasteiger partial charge in [0.15, 0.2) is 5.96 Å². The van der Waals surface area contributed by atoms with Crippen molar-refractivity contribution in [1.29, 1.82) is 0 Å². The fraction of sp³-hybridized carbons (Fsp3) is 0.357. The molecule has 0 unspecified atom stereocenters. The SMILES string of the molecule is COc1ccc(-n2cc(CN=C(N)NC3CC3)nn2)cc1. The predicted molar refractivity (Wildman–Crippen MR) is 79.4 cm³/mol. The number of hydrogen-bond donors (Lipinski definition) is 2. The summed E-state index contributed by atoms with van der Waals surface area (Å²) in [5.74, 6) is 1.28. The zero-order valence-electron chi connectivity index (χ0n) is 11.9. The van der Waals surface area contributed by atoms with E-state index in [0.29, 0.717) is 18.5 Å². The molecule has 3 rings (SSSR count). The van der Waals surface area contributed by atoms with Gasteiger partial charge in [0.25, 0.3) is 0 Å². The lowest BCUT2D eigenvalue weighted by Gasteiger charge is -2.02. The second-order valence-corrected chi connectivity index (χ2v) is 4.97. The van der Waals surface area contributed by atoms with E-state index in [-0.39, 0.29) is 0 Å². The highest BCUT2D eigenvalue weighted by Crippen LogP contribution is 2.18. The molecular formula is C14H18N6O. The van der Waals surface area contributed by atoms with Crippen LogP contribution in [0.2, 0.25) is 0 Å². The third-order valence-electron chi connectivity index (χ3n) is 3.22. The normalized spacial score (nSPS) is 15.0. The Hall–Kier alpha value is -2.57. The zero-order valence-corrected chi connectivity index (χ0v) is 11.9. The molecule has 21 heavy (non-hydrogen) atoms. The Bertz CT molecular complexity index is 629. The Morgan fingerprint density at radius 3 is 2.86 bits per heavy atom. The zero-order chi connectivity index (χ0) is 14.7. The molecule has 0 atom stereocenters. The van der Waals surface area contributed by atoms with Crippen LogP contribution in [0.3, 0.4) is 0 Å². The molecule has 2 aromatic rings. The van der Waals surface area contributed by atoms with Crippen molar-refractivity contribution in [3.8, 4) is 11.4 Å². The number of nitrogens with one attached hydrogen (secondary N) is 1. The quantitative estimate of drug-likeness (QED) is 0.628. The van der Waals surface area contributed by atoms with Crippen molar-refractivity contribution in [1.82, 2.24) is 20.3 Å². The van der Waals surface area contributed by atoms with Crippen LogP contribution in [0.15, 0.2) is 35.5 Å². The molecule has 0 aliphatic heterocycles. The maximum Gasteiger partial charge on any atom is 0.189 e. The summed E-state index contributed by atoms with van der Waals surface area (Å²) in [7, 11) is 1.64. The molecule has 1 aliphatic rings. The number of guanidine groups is 1. The molecule has 1 saturated carbocycles. The first-order valence-corrected chi connectivity index (χ1v) is 6.87. The number of aliphatic imine (C=N–C) groups is 1. The van der Waals surface area contributed by atoms with Gasteiger partial charge in [0.1, 0.15) is 11.4 Å². The van der Waals surface area contributed by atoms with Crippen molar-refractivity contribution < 1.29 is 4.74 Å². The summed E-state index contributed by atoms with van der Waals surface area (Å²) >= 11 is 0. The average molecular weight is 286 g/mol. The van der Waals surface area contributed by atoms with Gasteiger partial charge >= 0.3 is 0 Å². The first kappa shape index (κ1) is 13.4. The van der Waals surface area contributed by atoms with E-state index in [4.69, 9.17) is 10.5 Å². The molecule has 7 heteroatoms. The van der Waals surface area contributed by atoms with Crippen LogP contribution in [0.25, 0.3) is 5.69 Å². The number of benzene rings is 1. The number of nitrogens with two attached hydrogens (primary N) is 1. The van der Waals surface area contributed by atoms with E-state index in [0.717, 1.165) is 17.1 Å². The van der Waals surface area contributed by atoms with Crippen molar-refractivity contribution in [2.75, 3.05) is 7.11 Å². The Morgan fingerprint density at radius 2 is 2.19 bits per heavy atom. The van der Waals surface area contributed by atoms with Gasteiger partial charge in [-0.1, -0.05) is 5.21 Å². The summed E-state index contributed by atoms with van der Waals surface area (Å²) in [4.78, 5) is 4.26. The molecule has 3 N–H and O–H groups in total. The molecular weight excluding hydrogens is 268 g/mol. The van der Waals surface area contributed by atoms with Gasteiger partial charge in [-0.2, -0.15) is 0 Å². The molecule has 0 radical (unpaired) electrons. The minimum absolute atomic E-state index is 0.418. The molecule has 110 valence electrons. The number of nitrogens with zero attached hydrogens (tertiary/aromatic N) is 4. The standard InChI is InChI=1S/C14H18N6O/c1-21-13-6-4-12(5-7-13)20-9-11(18-19-20)8-16-14(15)17-10-2-3-10/h4-7,9-10H,2-3,8H2,1H3,(H3,15,16,17). The van der Waals surface area contributed by atoms with Gasteiger partial charge in [-0.3, -0.25) is 0 Å². The molecule has 0 saturated heterocycles. The minimum Gasteiger partial charge on any atom is -0.497 e. The summed E-state index contributed by atoms with van der Waals surface area (Å²) in [6.45, 7) is 0.418. The fourth-order valence-electron chi connectivity index (χ4n) is 1.88. The number of methoxy groups -OCH3 is 1. The van der Waals surface area contributed by atoms with Crippen LogP contribution < -0.4 is 15.8 Å². The number of rotatable bonds is 5. The largest absolute Gasteiger partial charge is 0.497 e. The molecule has 1 aromatic carbocycles. The Labute approximate surface area is 122 Å². The van der Waals surface area contributed by atoms with Gasteiger partial charge in [0, 0.05) is 6.04 Å². The molecule has 0 spiro atoms. The minimum atomic E-state index is 0.418. The van der Waals surface area contributed by atoms with E-state index >= 15 is 0 Å². The maximum absolute atomic E-state index is 5.78. The van der Waals surface area contributed by atoms with E-state index in [1.54, 1.807) is 11.8 Å². The molecule has 7 nitrogen and oxygen atoms in total. The Kier molecular flexibility index (Phi) is 3.72. The lowest BCUT2D eigenvalue weighted by atomic mass is 10.3. The third kappa shape index (κ3) is 3.50. The molecule has 0 amide bonds. The summed E-state index contributed by atoms with van der Waals surface area (Å²) in [5.41, 5.74) is 7.47. The number of ether oxygens (including phenoxy) is 1. The third-order valence-corrected chi connectivity index (χ3v) is 3.22. The van der Waals surface area contributed by atoms with Crippen LogP contribution in [0, 0.1) is 0 Å². The highest BCUT2D eigenvalue weighted by molar-refractivity contribution is 5.78. The van der Waals surface area contributed by atoms with E-state index in [1.807, 2.05) is 30.5 Å². The Balaban J connectivity index is 1.64. The number of hydrogen-bond acceptors (Lipinski definition) is 4. The van der Waals surface area contributed by atoms with Crippen LogP contribution >= 0.6 is 0 Å². The van der Waals surface area contributed by atoms with Crippen LogP contribution in [0.1, 0.15) is 18.5 Å². The van der Waals surface area contributed by atoms with Crippen molar-refractivity contribution in [2.24, 2.45) is 10.7 Å². The lowest BCUT2D eigenvalue weighted by molar-refractivity contribution is 0.414. The summed E-state index contributed by atoms with van der Waals surface area (Å²) in [6, 6.07) is 8.11. The van der Waals surface area contributed by atoms with Crippen molar-refractivity contribution >= 4 is 5.96 Å². The van der Waals surface area contributed by atoms with Crippen LogP contribution in [0.4, 0.5) is 0 Å². The van der Waals surface area contributed by atoms with Crippen molar-refractivity contribution in [2.45, 2.75) is 25.4 Å². The smallest absolute Gasteiger partial charge is 0.189 e. The highest BCUT2D eigenvalue weighted by atomic mass is 16.5. The molecule has 1 aromatic heterocycles. The topological polar surface area (TPSA) is 90.3 Å². The van der Waals surface area contributed by atoms with E-state index in [9.17, 15) is 0 Å². The van der Waals surface area contributed by atoms with Crippen LogP contribution in [-0.4, -0.2) is 34.1 Å². The molecule has 1 fully saturated rings. The lowest BCUT2D eigenvalue weighted by Crippen LogP contribution is -2.33. The average Bonchev–Trinajstić information content (AvgIpc) is 3.19. The van der Waals surface area contributed by atoms with Gasteiger partial charge in [-0.25, -0.2) is 9.67 Å². The number of aromatic nitrogens is 3. The summed E-state index contributed by atoms with van der Waals surface area (Å²) < 4.78 is 6.83. The first-order valence-electron chi connectivity index (χ1n) is 6.87. The van der Waals surface area contributed by atoms with Gasteiger partial charge in [-0.05, 0) is 37.1 Å².